The van der Waals surface area contributed by atoms with Gasteiger partial charge in [0.15, 0.2) is 0 Å². The largest absolute Gasteiger partial charge is 0.370 e. The molecular formula is C24H23ClN4O. The van der Waals surface area contributed by atoms with Crippen LogP contribution in [0.3, 0.4) is 0 Å². The first kappa shape index (κ1) is 20.2. The molecule has 3 aromatic rings. The lowest BCUT2D eigenvalue weighted by atomic mass is 9.94. The number of piperidine rings is 1. The van der Waals surface area contributed by atoms with E-state index in [-0.39, 0.29) is 11.8 Å². The normalized spacial score (nSPS) is 14.5. The maximum Gasteiger partial charge on any atom is 0.227 e. The van der Waals surface area contributed by atoms with Crippen molar-refractivity contribution in [1.29, 1.82) is 5.26 Å². The Bertz CT molecular complexity index is 1160. The number of aromatic nitrogens is 1. The van der Waals surface area contributed by atoms with Gasteiger partial charge in [-0.2, -0.15) is 5.26 Å². The van der Waals surface area contributed by atoms with Crippen LogP contribution in [-0.4, -0.2) is 24.0 Å². The second-order valence-electron chi connectivity index (χ2n) is 7.79. The number of halogens is 1. The zero-order valence-electron chi connectivity index (χ0n) is 17.1. The van der Waals surface area contributed by atoms with E-state index in [0.29, 0.717) is 23.7 Å². The number of nitrogens with zero attached hydrogens (tertiary/aromatic N) is 3. The van der Waals surface area contributed by atoms with E-state index in [2.05, 4.69) is 21.3 Å². The summed E-state index contributed by atoms with van der Waals surface area (Å²) in [7, 11) is 0. The summed E-state index contributed by atoms with van der Waals surface area (Å²) in [6.45, 7) is 5.47. The molecule has 1 N–H and O–H groups in total. The van der Waals surface area contributed by atoms with Gasteiger partial charge >= 0.3 is 0 Å². The number of rotatable bonds is 3. The van der Waals surface area contributed by atoms with Gasteiger partial charge in [-0.15, -0.1) is 0 Å². The van der Waals surface area contributed by atoms with Gasteiger partial charge < -0.3 is 10.2 Å². The van der Waals surface area contributed by atoms with Crippen LogP contribution in [0.2, 0.25) is 5.02 Å². The van der Waals surface area contributed by atoms with E-state index in [4.69, 9.17) is 11.6 Å². The van der Waals surface area contributed by atoms with Crippen molar-refractivity contribution in [3.05, 3.63) is 64.3 Å². The summed E-state index contributed by atoms with van der Waals surface area (Å²) in [6, 6.07) is 13.7. The number of aryl methyl sites for hydroxylation is 1. The number of pyridine rings is 1. The van der Waals surface area contributed by atoms with E-state index >= 15 is 0 Å². The maximum atomic E-state index is 12.8. The third-order valence-corrected chi connectivity index (χ3v) is 6.20. The first-order valence-corrected chi connectivity index (χ1v) is 10.5. The molecule has 1 fully saturated rings. The van der Waals surface area contributed by atoms with E-state index in [9.17, 15) is 10.1 Å². The number of hydrogen-bond acceptors (Lipinski definition) is 4. The van der Waals surface area contributed by atoms with Crippen LogP contribution in [0, 0.1) is 31.1 Å². The van der Waals surface area contributed by atoms with Gasteiger partial charge in [-0.1, -0.05) is 23.7 Å². The van der Waals surface area contributed by atoms with Crippen LogP contribution in [0.5, 0.6) is 0 Å². The number of carbonyl (C=O) groups excluding carboxylic acids is 1. The SMILES string of the molecule is Cc1cccc(NC(=O)C2CCN(c3c(C#N)cnc4ccc(Cl)cc34)CC2)c1C. The average Bonchev–Trinajstić information content (AvgIpc) is 2.76. The molecule has 0 unspecified atom stereocenters. The van der Waals surface area contributed by atoms with Crippen LogP contribution in [0.4, 0.5) is 11.4 Å². The summed E-state index contributed by atoms with van der Waals surface area (Å²) < 4.78 is 0. The standard InChI is InChI=1S/C24H23ClN4O/c1-15-4-3-5-21(16(15)2)28-24(30)17-8-10-29(11-9-17)23-18(13-26)14-27-22-7-6-19(25)12-20(22)23/h3-7,12,14,17H,8-11H2,1-2H3,(H,28,30). The van der Waals surface area contributed by atoms with Gasteiger partial charge in [-0.05, 0) is 62.1 Å². The highest BCUT2D eigenvalue weighted by Gasteiger charge is 2.27. The van der Waals surface area contributed by atoms with Gasteiger partial charge in [-0.3, -0.25) is 9.78 Å². The molecule has 4 rings (SSSR count). The Hall–Kier alpha value is -3.10. The van der Waals surface area contributed by atoms with Crippen molar-refractivity contribution in [3.8, 4) is 6.07 Å². The molecule has 2 heterocycles. The average molecular weight is 419 g/mol. The molecule has 2 aromatic carbocycles. The maximum absolute atomic E-state index is 12.8. The number of anilines is 2. The van der Waals surface area contributed by atoms with Crippen LogP contribution >= 0.6 is 11.6 Å². The highest BCUT2D eigenvalue weighted by molar-refractivity contribution is 6.31. The van der Waals surface area contributed by atoms with Crippen LogP contribution in [-0.2, 0) is 4.79 Å². The van der Waals surface area contributed by atoms with Gasteiger partial charge in [0.05, 0.1) is 16.8 Å². The van der Waals surface area contributed by atoms with Crippen molar-refractivity contribution >= 4 is 39.8 Å². The molecule has 1 aromatic heterocycles. The smallest absolute Gasteiger partial charge is 0.227 e. The predicted octanol–water partition coefficient (Wildman–Crippen LogP) is 5.23. The minimum Gasteiger partial charge on any atom is -0.370 e. The summed E-state index contributed by atoms with van der Waals surface area (Å²) in [5.74, 6) is 0.00914. The van der Waals surface area contributed by atoms with Crippen molar-refractivity contribution in [3.63, 3.8) is 0 Å². The number of nitriles is 1. The van der Waals surface area contributed by atoms with Gasteiger partial charge in [0, 0.05) is 41.3 Å². The van der Waals surface area contributed by atoms with Crippen LogP contribution in [0.1, 0.15) is 29.5 Å². The Morgan fingerprint density at radius 2 is 2.00 bits per heavy atom. The number of carbonyl (C=O) groups is 1. The molecule has 0 spiro atoms. The molecular weight excluding hydrogens is 396 g/mol. The molecule has 0 aliphatic carbocycles. The van der Waals surface area contributed by atoms with E-state index < -0.39 is 0 Å². The third kappa shape index (κ3) is 3.83. The summed E-state index contributed by atoms with van der Waals surface area (Å²) in [5, 5.41) is 14.2. The Labute approximate surface area is 181 Å². The molecule has 1 aliphatic heterocycles. The quantitative estimate of drug-likeness (QED) is 0.632. The molecule has 6 heteroatoms. The molecule has 0 bridgehead atoms. The first-order valence-electron chi connectivity index (χ1n) is 10.1. The van der Waals surface area contributed by atoms with Crippen molar-refractivity contribution < 1.29 is 4.79 Å². The van der Waals surface area contributed by atoms with Crippen molar-refractivity contribution in [2.24, 2.45) is 5.92 Å². The number of hydrogen-bond donors (Lipinski definition) is 1. The number of fused-ring (bicyclic) bond motifs is 1. The van der Waals surface area contributed by atoms with Gasteiger partial charge in [-0.25, -0.2) is 0 Å². The molecule has 30 heavy (non-hydrogen) atoms. The lowest BCUT2D eigenvalue weighted by Gasteiger charge is -2.34. The summed E-state index contributed by atoms with van der Waals surface area (Å²) >= 11 is 6.21. The van der Waals surface area contributed by atoms with Crippen LogP contribution in [0.25, 0.3) is 10.9 Å². The molecule has 152 valence electrons. The number of nitrogens with one attached hydrogen (secondary N) is 1. The zero-order chi connectivity index (χ0) is 21.3. The monoisotopic (exact) mass is 418 g/mol. The number of amides is 1. The molecule has 5 nitrogen and oxygen atoms in total. The summed E-state index contributed by atoms with van der Waals surface area (Å²) in [4.78, 5) is 19.4. The van der Waals surface area contributed by atoms with E-state index in [0.717, 1.165) is 46.2 Å². The Morgan fingerprint density at radius 3 is 2.73 bits per heavy atom. The fraction of sp³-hybridized carbons (Fsp3) is 0.292. The molecule has 0 saturated carbocycles. The molecule has 0 radical (unpaired) electrons. The fourth-order valence-electron chi connectivity index (χ4n) is 4.06. The van der Waals surface area contributed by atoms with Gasteiger partial charge in [0.1, 0.15) is 6.07 Å². The Kier molecular flexibility index (Phi) is 5.61. The minimum atomic E-state index is -0.0524. The van der Waals surface area contributed by atoms with Crippen molar-refractivity contribution in [2.75, 3.05) is 23.3 Å². The lowest BCUT2D eigenvalue weighted by Crippen LogP contribution is -2.38. The highest BCUT2D eigenvalue weighted by Crippen LogP contribution is 2.34. The molecule has 1 aliphatic rings. The van der Waals surface area contributed by atoms with E-state index in [1.54, 1.807) is 12.3 Å². The van der Waals surface area contributed by atoms with Crippen LogP contribution < -0.4 is 10.2 Å². The van der Waals surface area contributed by atoms with E-state index in [1.165, 1.54) is 0 Å². The van der Waals surface area contributed by atoms with E-state index in [1.807, 2.05) is 44.2 Å². The van der Waals surface area contributed by atoms with Crippen molar-refractivity contribution in [1.82, 2.24) is 4.98 Å². The molecule has 1 amide bonds. The predicted molar refractivity (Wildman–Crippen MR) is 121 cm³/mol. The third-order valence-electron chi connectivity index (χ3n) is 5.97. The zero-order valence-corrected chi connectivity index (χ0v) is 17.8. The highest BCUT2D eigenvalue weighted by atomic mass is 35.5. The second-order valence-corrected chi connectivity index (χ2v) is 8.23. The fourth-order valence-corrected chi connectivity index (χ4v) is 4.23. The second kappa shape index (κ2) is 8.33. The minimum absolute atomic E-state index is 0.0524. The first-order chi connectivity index (χ1) is 14.5. The molecule has 0 atom stereocenters. The Morgan fingerprint density at radius 1 is 1.23 bits per heavy atom. The summed E-state index contributed by atoms with van der Waals surface area (Å²) in [5.41, 5.74) is 5.34. The number of benzene rings is 2. The topological polar surface area (TPSA) is 69.0 Å². The van der Waals surface area contributed by atoms with Crippen molar-refractivity contribution in [2.45, 2.75) is 26.7 Å². The molecule has 1 saturated heterocycles. The van der Waals surface area contributed by atoms with Gasteiger partial charge in [0.2, 0.25) is 5.91 Å². The van der Waals surface area contributed by atoms with Gasteiger partial charge in [0.25, 0.3) is 0 Å². The Balaban J connectivity index is 1.52. The van der Waals surface area contributed by atoms with Crippen LogP contribution in [0.15, 0.2) is 42.6 Å². The lowest BCUT2D eigenvalue weighted by molar-refractivity contribution is -0.120. The summed E-state index contributed by atoms with van der Waals surface area (Å²) in [6.07, 6.45) is 3.07.